The van der Waals surface area contributed by atoms with Crippen LogP contribution < -0.4 is 10.6 Å². The molecule has 192 valence electrons. The van der Waals surface area contributed by atoms with Crippen LogP contribution in [-0.4, -0.2) is 43.1 Å². The molecule has 1 amide bonds. The molecule has 0 saturated carbocycles. The molecule has 38 heavy (non-hydrogen) atoms. The van der Waals surface area contributed by atoms with E-state index in [1.165, 1.54) is 0 Å². The lowest BCUT2D eigenvalue weighted by molar-refractivity contribution is -0.116. The number of nitrogens with one attached hydrogen (secondary N) is 2. The summed E-state index contributed by atoms with van der Waals surface area (Å²) in [5.41, 5.74) is 4.95. The Balaban J connectivity index is 1.57. The van der Waals surface area contributed by atoms with Crippen molar-refractivity contribution in [2.75, 3.05) is 11.9 Å². The molecule has 2 atom stereocenters. The predicted octanol–water partition coefficient (Wildman–Crippen LogP) is 4.80. The van der Waals surface area contributed by atoms with Gasteiger partial charge in [-0.15, -0.1) is 0 Å². The highest BCUT2D eigenvalue weighted by Gasteiger charge is 2.42. The number of aryl methyl sites for hydroxylation is 1. The molecule has 0 bridgehead atoms. The van der Waals surface area contributed by atoms with E-state index in [4.69, 9.17) is 12.2 Å². The normalized spacial score (nSPS) is 16.8. The van der Waals surface area contributed by atoms with Crippen LogP contribution in [0.3, 0.4) is 0 Å². The Morgan fingerprint density at radius 3 is 2.45 bits per heavy atom. The number of carboxylic acid groups (broad SMARTS) is 1. The van der Waals surface area contributed by atoms with E-state index in [-0.39, 0.29) is 30.1 Å². The topological polar surface area (TPSA) is 99.5 Å². The molecule has 2 aromatic carbocycles. The third kappa shape index (κ3) is 4.76. The van der Waals surface area contributed by atoms with E-state index in [1.54, 1.807) is 24.4 Å². The molecule has 8 nitrogen and oxygen atoms in total. The maximum absolute atomic E-state index is 13.1. The third-order valence-electron chi connectivity index (χ3n) is 6.73. The zero-order chi connectivity index (χ0) is 26.8. The van der Waals surface area contributed by atoms with Crippen molar-refractivity contribution in [3.8, 4) is 5.69 Å². The van der Waals surface area contributed by atoms with Crippen molar-refractivity contribution in [3.63, 3.8) is 0 Å². The van der Waals surface area contributed by atoms with Gasteiger partial charge in [-0.25, -0.2) is 4.79 Å². The third-order valence-corrected chi connectivity index (χ3v) is 7.09. The molecular formula is C29H27N5O3S. The van der Waals surface area contributed by atoms with E-state index < -0.39 is 5.97 Å². The van der Waals surface area contributed by atoms with Crippen LogP contribution in [0.25, 0.3) is 5.69 Å². The molecule has 3 N–H and O–H groups in total. The fourth-order valence-electron chi connectivity index (χ4n) is 5.10. The van der Waals surface area contributed by atoms with Crippen LogP contribution >= 0.6 is 12.2 Å². The highest BCUT2D eigenvalue weighted by Crippen LogP contribution is 2.41. The number of carbonyl (C=O) groups is 2. The van der Waals surface area contributed by atoms with Gasteiger partial charge in [0.1, 0.15) is 6.54 Å². The maximum atomic E-state index is 13.1. The summed E-state index contributed by atoms with van der Waals surface area (Å²) < 4.78 is 1.94. The molecule has 3 heterocycles. The molecule has 9 heteroatoms. The number of para-hydroxylation sites is 2. The summed E-state index contributed by atoms with van der Waals surface area (Å²) in [6, 6.07) is 23.3. The lowest BCUT2D eigenvalue weighted by Crippen LogP contribution is -2.37. The highest BCUT2D eigenvalue weighted by atomic mass is 32.1. The Bertz CT molecular complexity index is 1500. The number of amides is 1. The highest BCUT2D eigenvalue weighted by molar-refractivity contribution is 7.80. The fourth-order valence-corrected chi connectivity index (χ4v) is 5.40. The van der Waals surface area contributed by atoms with Crippen molar-refractivity contribution in [2.24, 2.45) is 0 Å². The van der Waals surface area contributed by atoms with Crippen LogP contribution in [0.4, 0.5) is 5.69 Å². The number of hydrogen-bond acceptors (Lipinski definition) is 4. The number of carbonyl (C=O) groups excluding carboxylic acids is 1. The van der Waals surface area contributed by atoms with Gasteiger partial charge in [-0.2, -0.15) is 0 Å². The first kappa shape index (κ1) is 25.2. The molecule has 4 aromatic rings. The lowest BCUT2D eigenvalue weighted by atomic mass is 9.96. The molecule has 5 rings (SSSR count). The number of pyridine rings is 1. The molecule has 0 spiro atoms. The first-order valence-corrected chi connectivity index (χ1v) is 12.6. The van der Waals surface area contributed by atoms with Crippen molar-refractivity contribution in [1.82, 2.24) is 19.8 Å². The largest absolute Gasteiger partial charge is 0.478 e. The Kier molecular flexibility index (Phi) is 6.93. The Labute approximate surface area is 225 Å². The van der Waals surface area contributed by atoms with Gasteiger partial charge in [0.15, 0.2) is 5.11 Å². The van der Waals surface area contributed by atoms with Gasteiger partial charge in [0, 0.05) is 23.3 Å². The average Bonchev–Trinajstić information content (AvgIpc) is 3.39. The first-order chi connectivity index (χ1) is 18.3. The van der Waals surface area contributed by atoms with Gasteiger partial charge in [0.05, 0.1) is 29.0 Å². The lowest BCUT2D eigenvalue weighted by Gasteiger charge is -2.27. The van der Waals surface area contributed by atoms with Gasteiger partial charge >= 0.3 is 5.97 Å². The number of nitrogens with zero attached hydrogens (tertiary/aromatic N) is 3. The molecule has 2 aromatic heterocycles. The second kappa shape index (κ2) is 10.5. The van der Waals surface area contributed by atoms with Gasteiger partial charge in [-0.05, 0) is 74.1 Å². The van der Waals surface area contributed by atoms with E-state index in [0.29, 0.717) is 16.5 Å². The van der Waals surface area contributed by atoms with Crippen LogP contribution in [-0.2, 0) is 4.79 Å². The summed E-state index contributed by atoms with van der Waals surface area (Å²) in [4.78, 5) is 31.5. The minimum absolute atomic E-state index is 0.0319. The summed E-state index contributed by atoms with van der Waals surface area (Å²) in [6.45, 7) is 3.93. The maximum Gasteiger partial charge on any atom is 0.337 e. The average molecular weight is 526 g/mol. The predicted molar refractivity (Wildman–Crippen MR) is 149 cm³/mol. The number of benzene rings is 2. The van der Waals surface area contributed by atoms with Gasteiger partial charge in [0.2, 0.25) is 5.91 Å². The number of rotatable bonds is 7. The summed E-state index contributed by atoms with van der Waals surface area (Å²) in [5, 5.41) is 16.6. The van der Waals surface area contributed by atoms with Crippen molar-refractivity contribution in [2.45, 2.75) is 25.9 Å². The first-order valence-electron chi connectivity index (χ1n) is 12.2. The van der Waals surface area contributed by atoms with Gasteiger partial charge in [-0.1, -0.05) is 36.4 Å². The zero-order valence-electron chi connectivity index (χ0n) is 21.0. The quantitative estimate of drug-likeness (QED) is 0.298. The van der Waals surface area contributed by atoms with Crippen LogP contribution in [0.1, 0.15) is 45.1 Å². The standard InChI is InChI=1S/C29H27N5O3S/c1-18-16-22(19(2)34(18)24-14-7-6-12-21(24)28(36)37)27-26(23-13-8-9-15-30-23)32-29(38)33(27)17-25(35)31-20-10-4-3-5-11-20/h3-16,26-27H,17H2,1-2H3,(H,31,35)(H,32,38)(H,36,37)/t26-,27+/m0/s1. The number of hydrogen-bond donors (Lipinski definition) is 3. The zero-order valence-corrected chi connectivity index (χ0v) is 21.8. The molecular weight excluding hydrogens is 498 g/mol. The molecule has 1 fully saturated rings. The van der Waals surface area contributed by atoms with Crippen LogP contribution in [0.5, 0.6) is 0 Å². The van der Waals surface area contributed by atoms with Crippen LogP contribution in [0, 0.1) is 13.8 Å². The van der Waals surface area contributed by atoms with Crippen molar-refractivity contribution in [1.29, 1.82) is 0 Å². The van der Waals surface area contributed by atoms with Gasteiger partial charge in [0.25, 0.3) is 0 Å². The molecule has 0 unspecified atom stereocenters. The monoisotopic (exact) mass is 525 g/mol. The Morgan fingerprint density at radius 1 is 1.03 bits per heavy atom. The minimum atomic E-state index is -0.996. The molecule has 1 saturated heterocycles. The summed E-state index contributed by atoms with van der Waals surface area (Å²) >= 11 is 5.73. The number of aromatic carboxylic acids is 1. The number of aromatic nitrogens is 2. The number of thiocarbonyl (C=S) groups is 1. The smallest absolute Gasteiger partial charge is 0.337 e. The fraction of sp³-hybridized carbons (Fsp3) is 0.172. The SMILES string of the molecule is Cc1cc([C@@H]2[C@H](c3ccccn3)NC(=S)N2CC(=O)Nc2ccccc2)c(C)n1-c1ccccc1C(=O)O. The van der Waals surface area contributed by atoms with E-state index in [2.05, 4.69) is 15.6 Å². The van der Waals surface area contributed by atoms with Crippen molar-refractivity contribution >= 4 is 34.9 Å². The van der Waals surface area contributed by atoms with E-state index >= 15 is 0 Å². The second-order valence-corrected chi connectivity index (χ2v) is 9.54. The Morgan fingerprint density at radius 2 is 1.74 bits per heavy atom. The molecule has 1 aliphatic rings. The van der Waals surface area contributed by atoms with E-state index in [9.17, 15) is 14.7 Å². The minimum Gasteiger partial charge on any atom is -0.478 e. The Hall–Kier alpha value is -4.50. The van der Waals surface area contributed by atoms with Crippen LogP contribution in [0.2, 0.25) is 0 Å². The summed E-state index contributed by atoms with van der Waals surface area (Å²) in [5.74, 6) is -1.19. The van der Waals surface area contributed by atoms with Crippen LogP contribution in [0.15, 0.2) is 85.1 Å². The van der Waals surface area contributed by atoms with Crippen molar-refractivity contribution < 1.29 is 14.7 Å². The number of anilines is 1. The van der Waals surface area contributed by atoms with Crippen molar-refractivity contribution in [3.05, 3.63) is 113 Å². The summed E-state index contributed by atoms with van der Waals surface area (Å²) in [7, 11) is 0. The number of carboxylic acids is 1. The summed E-state index contributed by atoms with van der Waals surface area (Å²) in [6.07, 6.45) is 1.73. The second-order valence-electron chi connectivity index (χ2n) is 9.15. The van der Waals surface area contributed by atoms with E-state index in [1.807, 2.05) is 84.0 Å². The van der Waals surface area contributed by atoms with Gasteiger partial charge in [-0.3, -0.25) is 9.78 Å². The molecule has 1 aliphatic heterocycles. The van der Waals surface area contributed by atoms with E-state index in [0.717, 1.165) is 22.6 Å². The molecule has 0 radical (unpaired) electrons. The molecule has 0 aliphatic carbocycles. The van der Waals surface area contributed by atoms with Gasteiger partial charge < -0.3 is 25.2 Å².